The average Bonchev–Trinajstić information content (AvgIpc) is 1.97. The van der Waals surface area contributed by atoms with E-state index >= 15 is 0 Å². The van der Waals surface area contributed by atoms with Gasteiger partial charge in [-0.15, -0.1) is 0 Å². The maximum absolute atomic E-state index is 11.9. The Bertz CT molecular complexity index is 381. The molecule has 0 aromatic rings. The van der Waals surface area contributed by atoms with Crippen molar-refractivity contribution in [1.29, 1.82) is 0 Å². The summed E-state index contributed by atoms with van der Waals surface area (Å²) in [4.78, 5) is 0. The van der Waals surface area contributed by atoms with Crippen molar-refractivity contribution in [2.45, 2.75) is 32.1 Å². The Labute approximate surface area is 99.7 Å². The first kappa shape index (κ1) is 16.5. The summed E-state index contributed by atoms with van der Waals surface area (Å²) >= 11 is 0. The molecule has 0 saturated heterocycles. The molecule has 0 aliphatic carbocycles. The van der Waals surface area contributed by atoms with Crippen molar-refractivity contribution in [1.82, 2.24) is 0 Å². The van der Waals surface area contributed by atoms with Crippen molar-refractivity contribution in [3.63, 3.8) is 0 Å². The minimum Gasteiger partial charge on any atom is -0.414 e. The van der Waals surface area contributed by atoms with Crippen molar-refractivity contribution in [3.05, 3.63) is 11.8 Å². The number of allylic oxidation sites excluding steroid dienone is 1. The second-order valence-corrected chi connectivity index (χ2v) is 10.3. The van der Waals surface area contributed by atoms with Crippen LogP contribution in [0, 0.1) is 0 Å². The first-order valence-corrected chi connectivity index (χ1v) is 9.48. The van der Waals surface area contributed by atoms with Crippen molar-refractivity contribution < 1.29 is 30.2 Å². The van der Waals surface area contributed by atoms with E-state index in [0.717, 1.165) is 13.0 Å². The van der Waals surface area contributed by atoms with Gasteiger partial charge in [-0.3, -0.25) is 0 Å². The summed E-state index contributed by atoms with van der Waals surface area (Å²) in [5.41, 5.74) is -5.41. The summed E-state index contributed by atoms with van der Waals surface area (Å²) in [7, 11) is -7.37. The summed E-state index contributed by atoms with van der Waals surface area (Å²) in [5, 5.41) is 0. The second-order valence-electron chi connectivity index (χ2n) is 4.22. The van der Waals surface area contributed by atoms with Gasteiger partial charge in [0.1, 0.15) is 5.76 Å². The van der Waals surface area contributed by atoms with E-state index in [1.54, 1.807) is 0 Å². The maximum Gasteiger partial charge on any atom is 0.534 e. The molecular weight excluding hydrogens is 277 g/mol. The third kappa shape index (κ3) is 6.69. The van der Waals surface area contributed by atoms with Crippen molar-refractivity contribution in [2.24, 2.45) is 0 Å². The molecule has 102 valence electrons. The lowest BCUT2D eigenvalue weighted by molar-refractivity contribution is -0.0522. The quantitative estimate of drug-likeness (QED) is 0.338. The molecule has 0 heterocycles. The summed E-state index contributed by atoms with van der Waals surface area (Å²) in [6.45, 7) is 6.82. The third-order valence-electron chi connectivity index (χ3n) is 1.41. The van der Waals surface area contributed by atoms with E-state index in [4.69, 9.17) is 4.43 Å². The van der Waals surface area contributed by atoms with Gasteiger partial charge in [0.15, 0.2) is 8.32 Å². The van der Waals surface area contributed by atoms with Gasteiger partial charge in [0, 0.05) is 0 Å². The van der Waals surface area contributed by atoms with Gasteiger partial charge in [-0.05, 0) is 32.6 Å². The van der Waals surface area contributed by atoms with Crippen LogP contribution < -0.4 is 0 Å². The van der Waals surface area contributed by atoms with Crippen LogP contribution in [-0.2, 0) is 18.7 Å². The minimum atomic E-state index is -5.58. The molecule has 0 unspecified atom stereocenters. The first-order valence-electron chi connectivity index (χ1n) is 4.66. The highest BCUT2D eigenvalue weighted by Gasteiger charge is 2.48. The van der Waals surface area contributed by atoms with E-state index in [2.05, 4.69) is 4.18 Å². The Kier molecular flexibility index (Phi) is 5.23. The van der Waals surface area contributed by atoms with Crippen LogP contribution in [0.1, 0.15) is 6.92 Å². The van der Waals surface area contributed by atoms with E-state index in [-0.39, 0.29) is 12.4 Å². The van der Waals surface area contributed by atoms with E-state index in [9.17, 15) is 21.6 Å². The minimum absolute atomic E-state index is 0.0228. The smallest absolute Gasteiger partial charge is 0.414 e. The normalized spacial score (nSPS) is 14.9. The van der Waals surface area contributed by atoms with Crippen molar-refractivity contribution >= 4 is 18.4 Å². The van der Waals surface area contributed by atoms with E-state index in [1.165, 1.54) is 0 Å². The van der Waals surface area contributed by atoms with E-state index < -0.39 is 23.9 Å². The average molecular weight is 292 g/mol. The SMILES string of the molecule is C/C(=C\CO[Si](C)(C)C)OS(=O)(=O)C(F)(F)F. The van der Waals surface area contributed by atoms with Crippen LogP contribution in [0.15, 0.2) is 11.8 Å². The van der Waals surface area contributed by atoms with Gasteiger partial charge in [-0.25, -0.2) is 0 Å². The monoisotopic (exact) mass is 292 g/mol. The highest BCUT2D eigenvalue weighted by molar-refractivity contribution is 7.87. The predicted molar refractivity (Wildman–Crippen MR) is 59.1 cm³/mol. The number of hydrogen-bond acceptors (Lipinski definition) is 4. The molecule has 0 rings (SSSR count). The molecule has 0 fully saturated rings. The summed E-state index contributed by atoms with van der Waals surface area (Å²) in [5.74, 6) is -0.361. The molecule has 17 heavy (non-hydrogen) atoms. The fourth-order valence-electron chi connectivity index (χ4n) is 0.663. The summed E-state index contributed by atoms with van der Waals surface area (Å²) in [6, 6.07) is 0. The molecule has 0 amide bonds. The molecule has 9 heteroatoms. The van der Waals surface area contributed by atoms with Crippen LogP contribution in [0.2, 0.25) is 19.6 Å². The summed E-state index contributed by atoms with van der Waals surface area (Å²) in [6.07, 6.45) is 1.15. The zero-order valence-electron chi connectivity index (χ0n) is 9.96. The Hall–Kier alpha value is -0.543. The van der Waals surface area contributed by atoms with E-state index in [0.29, 0.717) is 0 Å². The number of rotatable bonds is 5. The zero-order valence-corrected chi connectivity index (χ0v) is 11.8. The maximum atomic E-state index is 11.9. The van der Waals surface area contributed by atoms with Crippen LogP contribution >= 0.6 is 0 Å². The molecule has 0 spiro atoms. The standard InChI is InChI=1S/C8H15F3O4SSi/c1-7(5-6-14-17(2,3)4)15-16(12,13)8(9,10)11/h5H,6H2,1-4H3/b7-5+. The fourth-order valence-corrected chi connectivity index (χ4v) is 1.76. The van der Waals surface area contributed by atoms with Gasteiger partial charge < -0.3 is 8.61 Å². The second kappa shape index (κ2) is 5.40. The highest BCUT2D eigenvalue weighted by atomic mass is 32.2. The molecule has 0 aliphatic heterocycles. The van der Waals surface area contributed by atoms with Crippen LogP contribution in [0.5, 0.6) is 0 Å². The van der Waals surface area contributed by atoms with Gasteiger partial charge in [0.2, 0.25) is 0 Å². The number of halogens is 3. The third-order valence-corrected chi connectivity index (χ3v) is 3.49. The highest BCUT2D eigenvalue weighted by Crippen LogP contribution is 2.26. The Morgan fingerprint density at radius 3 is 2.12 bits per heavy atom. The molecule has 0 saturated carbocycles. The van der Waals surface area contributed by atoms with Gasteiger partial charge in [-0.2, -0.15) is 21.6 Å². The summed E-state index contributed by atoms with van der Waals surface area (Å²) < 4.78 is 66.2. The zero-order chi connectivity index (χ0) is 13.9. The molecule has 4 nitrogen and oxygen atoms in total. The molecule has 0 atom stereocenters. The predicted octanol–water partition coefficient (Wildman–Crippen LogP) is 2.61. The molecule has 0 aromatic heterocycles. The fraction of sp³-hybridized carbons (Fsp3) is 0.750. The Morgan fingerprint density at radius 2 is 1.76 bits per heavy atom. The van der Waals surface area contributed by atoms with Crippen LogP contribution in [-0.4, -0.2) is 28.9 Å². The molecule has 0 bridgehead atoms. The molecule has 0 aromatic carbocycles. The van der Waals surface area contributed by atoms with Crippen LogP contribution in [0.3, 0.4) is 0 Å². The Morgan fingerprint density at radius 1 is 1.29 bits per heavy atom. The van der Waals surface area contributed by atoms with Crippen LogP contribution in [0.4, 0.5) is 13.2 Å². The van der Waals surface area contributed by atoms with Crippen molar-refractivity contribution in [3.8, 4) is 0 Å². The lowest BCUT2D eigenvalue weighted by atomic mass is 10.5. The topological polar surface area (TPSA) is 52.6 Å². The number of alkyl halides is 3. The van der Waals surface area contributed by atoms with E-state index in [1.807, 2.05) is 19.6 Å². The van der Waals surface area contributed by atoms with Crippen molar-refractivity contribution in [2.75, 3.05) is 6.61 Å². The largest absolute Gasteiger partial charge is 0.534 e. The van der Waals surface area contributed by atoms with Gasteiger partial charge >= 0.3 is 15.6 Å². The lowest BCUT2D eigenvalue weighted by Gasteiger charge is -2.15. The molecule has 0 N–H and O–H groups in total. The lowest BCUT2D eigenvalue weighted by Crippen LogP contribution is -2.26. The number of hydrogen-bond donors (Lipinski definition) is 0. The van der Waals surface area contributed by atoms with Gasteiger partial charge in [0.05, 0.1) is 6.61 Å². The molecule has 0 radical (unpaired) electrons. The van der Waals surface area contributed by atoms with Gasteiger partial charge in [-0.1, -0.05) is 0 Å². The van der Waals surface area contributed by atoms with Gasteiger partial charge in [0.25, 0.3) is 0 Å². The molecular formula is C8H15F3O4SSi. The molecule has 0 aliphatic rings. The van der Waals surface area contributed by atoms with Crippen LogP contribution in [0.25, 0.3) is 0 Å². The first-order chi connectivity index (χ1) is 7.35. The Balaban J connectivity index is 4.47.